The molecule has 0 fully saturated rings. The van der Waals surface area contributed by atoms with Crippen LogP contribution >= 0.6 is 11.3 Å². The standard InChI is InChI=1S/C18H23N3O2S/c1-11-6-12(2)8-14(7-11)16(23)19-9-15(22)21-18(4,5)17-20-13(3)10-24-17/h6-8,10H,9H2,1-5H3,(H,19,23)(H,21,22). The molecule has 2 N–H and O–H groups in total. The van der Waals surface area contributed by atoms with Crippen LogP contribution in [0.2, 0.25) is 0 Å². The molecule has 0 spiro atoms. The van der Waals surface area contributed by atoms with E-state index in [1.807, 2.05) is 58.2 Å². The van der Waals surface area contributed by atoms with Gasteiger partial charge in [-0.25, -0.2) is 4.98 Å². The lowest BCUT2D eigenvalue weighted by molar-refractivity contribution is -0.121. The summed E-state index contributed by atoms with van der Waals surface area (Å²) < 4.78 is 0. The molecule has 0 aliphatic heterocycles. The highest BCUT2D eigenvalue weighted by Crippen LogP contribution is 2.23. The van der Waals surface area contributed by atoms with Gasteiger partial charge in [-0.1, -0.05) is 17.2 Å². The molecule has 0 bridgehead atoms. The van der Waals surface area contributed by atoms with E-state index in [0.717, 1.165) is 21.8 Å². The molecule has 0 radical (unpaired) electrons. The van der Waals surface area contributed by atoms with Crippen LogP contribution in [0.3, 0.4) is 0 Å². The van der Waals surface area contributed by atoms with Gasteiger partial charge in [-0.2, -0.15) is 0 Å². The Labute approximate surface area is 146 Å². The number of carbonyl (C=O) groups is 2. The number of rotatable bonds is 5. The fourth-order valence-electron chi connectivity index (χ4n) is 2.46. The van der Waals surface area contributed by atoms with Crippen molar-refractivity contribution in [3.63, 3.8) is 0 Å². The lowest BCUT2D eigenvalue weighted by Crippen LogP contribution is -2.45. The number of amides is 2. The van der Waals surface area contributed by atoms with Crippen molar-refractivity contribution >= 4 is 23.2 Å². The van der Waals surface area contributed by atoms with Gasteiger partial charge in [0.05, 0.1) is 12.1 Å². The van der Waals surface area contributed by atoms with Gasteiger partial charge in [0.15, 0.2) is 0 Å². The molecule has 1 aromatic carbocycles. The SMILES string of the molecule is Cc1cc(C)cc(C(=O)NCC(=O)NC(C)(C)c2nc(C)cs2)c1. The van der Waals surface area contributed by atoms with Gasteiger partial charge in [0.25, 0.3) is 5.91 Å². The zero-order valence-electron chi connectivity index (χ0n) is 14.7. The minimum atomic E-state index is -0.569. The van der Waals surface area contributed by atoms with E-state index >= 15 is 0 Å². The molecule has 0 atom stereocenters. The van der Waals surface area contributed by atoms with Crippen LogP contribution in [0.4, 0.5) is 0 Å². The van der Waals surface area contributed by atoms with Crippen molar-refractivity contribution in [1.29, 1.82) is 0 Å². The van der Waals surface area contributed by atoms with Crippen LogP contribution in [0, 0.1) is 20.8 Å². The van der Waals surface area contributed by atoms with Crippen molar-refractivity contribution in [2.24, 2.45) is 0 Å². The van der Waals surface area contributed by atoms with E-state index in [1.165, 1.54) is 11.3 Å². The second-order valence-electron chi connectivity index (χ2n) is 6.53. The minimum absolute atomic E-state index is 0.0698. The second kappa shape index (κ2) is 7.13. The van der Waals surface area contributed by atoms with Crippen molar-refractivity contribution in [2.75, 3.05) is 6.54 Å². The Kier molecular flexibility index (Phi) is 5.39. The van der Waals surface area contributed by atoms with Gasteiger partial charge in [-0.05, 0) is 46.8 Å². The number of benzene rings is 1. The first-order valence-electron chi connectivity index (χ1n) is 7.77. The van der Waals surface area contributed by atoms with Crippen molar-refractivity contribution < 1.29 is 9.59 Å². The fraction of sp³-hybridized carbons (Fsp3) is 0.389. The number of nitrogens with one attached hydrogen (secondary N) is 2. The number of thiazole rings is 1. The minimum Gasteiger partial charge on any atom is -0.343 e. The van der Waals surface area contributed by atoms with Crippen molar-refractivity contribution in [3.05, 3.63) is 51.0 Å². The van der Waals surface area contributed by atoms with E-state index in [2.05, 4.69) is 15.6 Å². The summed E-state index contributed by atoms with van der Waals surface area (Å²) in [6.45, 7) is 9.52. The Balaban J connectivity index is 1.94. The maximum atomic E-state index is 12.2. The lowest BCUT2D eigenvalue weighted by atomic mass is 10.1. The highest BCUT2D eigenvalue weighted by molar-refractivity contribution is 7.09. The van der Waals surface area contributed by atoms with Gasteiger partial charge >= 0.3 is 0 Å². The molecule has 2 aromatic rings. The first kappa shape index (κ1) is 18.1. The zero-order valence-corrected chi connectivity index (χ0v) is 15.5. The number of aromatic nitrogens is 1. The Morgan fingerprint density at radius 1 is 1.12 bits per heavy atom. The van der Waals surface area contributed by atoms with Crippen molar-refractivity contribution in [2.45, 2.75) is 40.2 Å². The van der Waals surface area contributed by atoms with E-state index < -0.39 is 5.54 Å². The normalized spacial score (nSPS) is 11.2. The van der Waals surface area contributed by atoms with Crippen LogP contribution in [0.1, 0.15) is 46.0 Å². The molecule has 0 unspecified atom stereocenters. The molecule has 1 heterocycles. The quantitative estimate of drug-likeness (QED) is 0.875. The third-order valence-electron chi connectivity index (χ3n) is 3.50. The summed E-state index contributed by atoms with van der Waals surface area (Å²) >= 11 is 1.51. The van der Waals surface area contributed by atoms with Crippen LogP contribution in [-0.2, 0) is 10.3 Å². The largest absolute Gasteiger partial charge is 0.343 e. The molecule has 2 amide bonds. The number of hydrogen-bond acceptors (Lipinski definition) is 4. The van der Waals surface area contributed by atoms with Crippen LogP contribution in [-0.4, -0.2) is 23.3 Å². The predicted octanol–water partition coefficient (Wildman–Crippen LogP) is 2.85. The van der Waals surface area contributed by atoms with Gasteiger partial charge in [-0.3, -0.25) is 9.59 Å². The summed E-state index contributed by atoms with van der Waals surface area (Å²) in [5.41, 5.74) is 2.96. The highest BCUT2D eigenvalue weighted by atomic mass is 32.1. The van der Waals surface area contributed by atoms with E-state index in [1.54, 1.807) is 0 Å². The van der Waals surface area contributed by atoms with Gasteiger partial charge in [0.1, 0.15) is 5.01 Å². The van der Waals surface area contributed by atoms with E-state index in [4.69, 9.17) is 0 Å². The molecule has 128 valence electrons. The van der Waals surface area contributed by atoms with E-state index in [-0.39, 0.29) is 18.4 Å². The first-order valence-corrected chi connectivity index (χ1v) is 8.65. The third-order valence-corrected chi connectivity index (χ3v) is 4.78. The summed E-state index contributed by atoms with van der Waals surface area (Å²) in [5, 5.41) is 8.37. The smallest absolute Gasteiger partial charge is 0.251 e. The van der Waals surface area contributed by atoms with Crippen molar-refractivity contribution in [1.82, 2.24) is 15.6 Å². The highest BCUT2D eigenvalue weighted by Gasteiger charge is 2.26. The Morgan fingerprint density at radius 3 is 2.29 bits per heavy atom. The second-order valence-corrected chi connectivity index (χ2v) is 7.38. The average Bonchev–Trinajstić information content (AvgIpc) is 2.91. The Bertz CT molecular complexity index is 745. The molecule has 0 saturated heterocycles. The zero-order chi connectivity index (χ0) is 17.9. The Morgan fingerprint density at radius 2 is 1.75 bits per heavy atom. The van der Waals surface area contributed by atoms with Gasteiger partial charge in [0.2, 0.25) is 5.91 Å². The molecular weight excluding hydrogens is 322 g/mol. The van der Waals surface area contributed by atoms with Crippen LogP contribution in [0.15, 0.2) is 23.6 Å². The molecule has 24 heavy (non-hydrogen) atoms. The molecule has 1 aromatic heterocycles. The fourth-order valence-corrected chi connectivity index (χ4v) is 3.33. The maximum absolute atomic E-state index is 12.2. The predicted molar refractivity (Wildman–Crippen MR) is 96.3 cm³/mol. The topological polar surface area (TPSA) is 71.1 Å². The third kappa shape index (κ3) is 4.64. The van der Waals surface area contributed by atoms with Crippen LogP contribution < -0.4 is 10.6 Å². The molecule has 2 rings (SSSR count). The molecule has 0 aliphatic rings. The first-order chi connectivity index (χ1) is 11.2. The Hall–Kier alpha value is -2.21. The monoisotopic (exact) mass is 345 g/mol. The number of carbonyl (C=O) groups excluding carboxylic acids is 2. The van der Waals surface area contributed by atoms with E-state index in [9.17, 15) is 9.59 Å². The summed E-state index contributed by atoms with van der Waals surface area (Å²) in [4.78, 5) is 28.8. The molecule has 6 heteroatoms. The summed E-state index contributed by atoms with van der Waals surface area (Å²) in [5.74, 6) is -0.495. The van der Waals surface area contributed by atoms with Gasteiger partial charge in [0, 0.05) is 16.6 Å². The lowest BCUT2D eigenvalue weighted by Gasteiger charge is -2.24. The molecular formula is C18H23N3O2S. The van der Waals surface area contributed by atoms with Crippen LogP contribution in [0.25, 0.3) is 0 Å². The van der Waals surface area contributed by atoms with Crippen LogP contribution in [0.5, 0.6) is 0 Å². The molecule has 0 aliphatic carbocycles. The summed E-state index contributed by atoms with van der Waals surface area (Å²) in [6, 6.07) is 5.62. The number of hydrogen-bond donors (Lipinski definition) is 2. The molecule has 0 saturated carbocycles. The molecule has 5 nitrogen and oxygen atoms in total. The summed E-state index contributed by atoms with van der Waals surface area (Å²) in [7, 11) is 0. The summed E-state index contributed by atoms with van der Waals surface area (Å²) in [6.07, 6.45) is 0. The number of aryl methyl sites for hydroxylation is 3. The average molecular weight is 345 g/mol. The number of nitrogens with zero attached hydrogens (tertiary/aromatic N) is 1. The van der Waals surface area contributed by atoms with Crippen molar-refractivity contribution in [3.8, 4) is 0 Å². The van der Waals surface area contributed by atoms with E-state index in [0.29, 0.717) is 5.56 Å². The van der Waals surface area contributed by atoms with Gasteiger partial charge in [-0.15, -0.1) is 11.3 Å². The van der Waals surface area contributed by atoms with Gasteiger partial charge < -0.3 is 10.6 Å². The maximum Gasteiger partial charge on any atom is 0.251 e.